The highest BCUT2D eigenvalue weighted by molar-refractivity contribution is 5.42. The van der Waals surface area contributed by atoms with Crippen molar-refractivity contribution in [3.8, 4) is 0 Å². The molecular formula is C10H14N4O. The molecular weight excluding hydrogens is 192 g/mol. The number of aryl methyl sites for hydroxylation is 2. The molecule has 0 aromatic carbocycles. The summed E-state index contributed by atoms with van der Waals surface area (Å²) in [6.07, 6.45) is 0. The van der Waals surface area contributed by atoms with Crippen LogP contribution in [0.3, 0.4) is 0 Å². The second kappa shape index (κ2) is 3.60. The van der Waals surface area contributed by atoms with Crippen molar-refractivity contribution in [1.82, 2.24) is 14.6 Å². The molecule has 1 atom stereocenters. The first-order valence-corrected chi connectivity index (χ1v) is 4.82. The number of rotatable bonds is 2. The summed E-state index contributed by atoms with van der Waals surface area (Å²) in [5, 5.41) is 13.2. The Bertz CT molecular complexity index is 491. The normalized spacial score (nSPS) is 13.3. The number of nitrogens with zero attached hydrogens (tertiary/aromatic N) is 3. The van der Waals surface area contributed by atoms with E-state index in [1.54, 1.807) is 10.6 Å². The molecule has 0 saturated heterocycles. The summed E-state index contributed by atoms with van der Waals surface area (Å²) in [6, 6.07) is 3.32. The summed E-state index contributed by atoms with van der Waals surface area (Å²) >= 11 is 0. The van der Waals surface area contributed by atoms with Crippen molar-refractivity contribution in [2.45, 2.75) is 19.9 Å². The van der Waals surface area contributed by atoms with Crippen LogP contribution in [0.4, 0.5) is 0 Å². The Morgan fingerprint density at radius 1 is 1.47 bits per heavy atom. The maximum Gasteiger partial charge on any atom is 0.155 e. The van der Waals surface area contributed by atoms with Gasteiger partial charge in [-0.3, -0.25) is 0 Å². The van der Waals surface area contributed by atoms with Gasteiger partial charge in [-0.25, -0.2) is 9.50 Å². The Morgan fingerprint density at radius 2 is 2.20 bits per heavy atom. The highest BCUT2D eigenvalue weighted by atomic mass is 16.3. The molecule has 0 fully saturated rings. The number of nitrogens with two attached hydrogens (primary N) is 1. The van der Waals surface area contributed by atoms with E-state index >= 15 is 0 Å². The van der Waals surface area contributed by atoms with Gasteiger partial charge in [-0.1, -0.05) is 0 Å². The van der Waals surface area contributed by atoms with Gasteiger partial charge in [0, 0.05) is 17.5 Å². The van der Waals surface area contributed by atoms with Crippen molar-refractivity contribution in [2.24, 2.45) is 5.73 Å². The van der Waals surface area contributed by atoms with E-state index in [0.29, 0.717) is 5.69 Å². The highest BCUT2D eigenvalue weighted by Crippen LogP contribution is 2.12. The highest BCUT2D eigenvalue weighted by Gasteiger charge is 2.11. The lowest BCUT2D eigenvalue weighted by atomic mass is 10.2. The predicted molar refractivity (Wildman–Crippen MR) is 56.5 cm³/mol. The fraction of sp³-hybridized carbons (Fsp3) is 0.400. The number of aliphatic hydroxyl groups excluding tert-OH is 1. The van der Waals surface area contributed by atoms with Crippen LogP contribution in [0, 0.1) is 13.8 Å². The lowest BCUT2D eigenvalue weighted by Gasteiger charge is -2.01. The van der Waals surface area contributed by atoms with Crippen molar-refractivity contribution in [2.75, 3.05) is 6.61 Å². The van der Waals surface area contributed by atoms with Gasteiger partial charge in [0.1, 0.15) is 0 Å². The molecule has 0 aliphatic carbocycles. The molecule has 2 heterocycles. The molecule has 0 amide bonds. The summed E-state index contributed by atoms with van der Waals surface area (Å²) < 4.78 is 1.73. The fourth-order valence-electron chi connectivity index (χ4n) is 1.58. The predicted octanol–water partition coefficient (Wildman–Crippen LogP) is 0.338. The van der Waals surface area contributed by atoms with Crippen LogP contribution in [0.25, 0.3) is 5.65 Å². The second-order valence-corrected chi connectivity index (χ2v) is 3.67. The summed E-state index contributed by atoms with van der Waals surface area (Å²) in [7, 11) is 0. The number of aromatic nitrogens is 3. The molecule has 2 rings (SSSR count). The van der Waals surface area contributed by atoms with Crippen LogP contribution in [0.1, 0.15) is 23.1 Å². The van der Waals surface area contributed by atoms with Crippen molar-refractivity contribution in [1.29, 1.82) is 0 Å². The van der Waals surface area contributed by atoms with Gasteiger partial charge in [0.25, 0.3) is 0 Å². The van der Waals surface area contributed by atoms with E-state index in [1.807, 2.05) is 19.9 Å². The van der Waals surface area contributed by atoms with Gasteiger partial charge in [0.05, 0.1) is 18.3 Å². The van der Waals surface area contributed by atoms with Crippen molar-refractivity contribution >= 4 is 5.65 Å². The molecule has 15 heavy (non-hydrogen) atoms. The molecule has 3 N–H and O–H groups in total. The summed E-state index contributed by atoms with van der Waals surface area (Å²) in [4.78, 5) is 4.34. The molecule has 2 aromatic heterocycles. The monoisotopic (exact) mass is 206 g/mol. The maximum atomic E-state index is 8.94. The lowest BCUT2D eigenvalue weighted by Crippen LogP contribution is -2.15. The topological polar surface area (TPSA) is 76.4 Å². The van der Waals surface area contributed by atoms with Gasteiger partial charge < -0.3 is 10.8 Å². The largest absolute Gasteiger partial charge is 0.394 e. The van der Waals surface area contributed by atoms with Crippen molar-refractivity contribution in [3.05, 3.63) is 29.2 Å². The molecule has 0 aliphatic rings. The van der Waals surface area contributed by atoms with Crippen LogP contribution in [-0.2, 0) is 0 Å². The Kier molecular flexibility index (Phi) is 2.42. The molecule has 1 unspecified atom stereocenters. The van der Waals surface area contributed by atoms with E-state index in [4.69, 9.17) is 10.8 Å². The number of fused-ring (bicyclic) bond motifs is 1. The summed E-state index contributed by atoms with van der Waals surface area (Å²) in [5.74, 6) is 0. The first-order valence-electron chi connectivity index (χ1n) is 4.82. The molecule has 0 aliphatic heterocycles. The zero-order valence-electron chi connectivity index (χ0n) is 8.81. The van der Waals surface area contributed by atoms with Crippen LogP contribution in [0.2, 0.25) is 0 Å². The van der Waals surface area contributed by atoms with Gasteiger partial charge in [-0.2, -0.15) is 5.10 Å². The average Bonchev–Trinajstić information content (AvgIpc) is 2.60. The summed E-state index contributed by atoms with van der Waals surface area (Å²) in [5.41, 5.74) is 9.08. The van der Waals surface area contributed by atoms with E-state index in [0.717, 1.165) is 17.0 Å². The van der Waals surface area contributed by atoms with Gasteiger partial charge in [-0.05, 0) is 19.9 Å². The third-order valence-electron chi connectivity index (χ3n) is 2.33. The summed E-state index contributed by atoms with van der Waals surface area (Å²) in [6.45, 7) is 3.79. The van der Waals surface area contributed by atoms with E-state index in [9.17, 15) is 0 Å². The molecule has 0 radical (unpaired) electrons. The standard InChI is InChI=1S/C10H14N4O/c1-6-3-7(2)14-10(12-6)4-9(13-14)8(11)5-15/h3-4,8,15H,5,11H2,1-2H3. The molecule has 5 heteroatoms. The number of hydrogen-bond donors (Lipinski definition) is 2. The van der Waals surface area contributed by atoms with Crippen LogP contribution in [0.5, 0.6) is 0 Å². The van der Waals surface area contributed by atoms with Crippen LogP contribution in [-0.4, -0.2) is 26.3 Å². The average molecular weight is 206 g/mol. The molecule has 5 nitrogen and oxygen atoms in total. The van der Waals surface area contributed by atoms with Gasteiger partial charge in [0.2, 0.25) is 0 Å². The van der Waals surface area contributed by atoms with Crippen LogP contribution < -0.4 is 5.73 Å². The SMILES string of the molecule is Cc1cc(C)n2nc(C(N)CO)cc2n1. The first kappa shape index (κ1) is 10.1. The zero-order valence-corrected chi connectivity index (χ0v) is 8.81. The van der Waals surface area contributed by atoms with Crippen LogP contribution in [0.15, 0.2) is 12.1 Å². The number of hydrogen-bond acceptors (Lipinski definition) is 4. The zero-order chi connectivity index (χ0) is 11.0. The van der Waals surface area contributed by atoms with E-state index in [-0.39, 0.29) is 6.61 Å². The Morgan fingerprint density at radius 3 is 2.87 bits per heavy atom. The second-order valence-electron chi connectivity index (χ2n) is 3.67. The third kappa shape index (κ3) is 1.71. The minimum absolute atomic E-state index is 0.109. The molecule has 0 saturated carbocycles. The van der Waals surface area contributed by atoms with Gasteiger partial charge in [0.15, 0.2) is 5.65 Å². The number of aliphatic hydroxyl groups is 1. The molecule has 2 aromatic rings. The Balaban J connectivity index is 2.60. The maximum absolute atomic E-state index is 8.94. The minimum atomic E-state index is -0.439. The molecule has 80 valence electrons. The van der Waals surface area contributed by atoms with E-state index in [1.165, 1.54) is 0 Å². The Hall–Kier alpha value is -1.46. The Labute approximate surface area is 87.6 Å². The lowest BCUT2D eigenvalue weighted by molar-refractivity contribution is 0.265. The third-order valence-corrected chi connectivity index (χ3v) is 2.33. The molecule has 0 spiro atoms. The quantitative estimate of drug-likeness (QED) is 0.742. The fourth-order valence-corrected chi connectivity index (χ4v) is 1.58. The van der Waals surface area contributed by atoms with Crippen molar-refractivity contribution < 1.29 is 5.11 Å². The van der Waals surface area contributed by atoms with Gasteiger partial charge in [-0.15, -0.1) is 0 Å². The van der Waals surface area contributed by atoms with Crippen LogP contribution >= 0.6 is 0 Å². The molecule has 0 bridgehead atoms. The smallest absolute Gasteiger partial charge is 0.155 e. The van der Waals surface area contributed by atoms with E-state index in [2.05, 4.69) is 10.1 Å². The van der Waals surface area contributed by atoms with Crippen molar-refractivity contribution in [3.63, 3.8) is 0 Å². The first-order chi connectivity index (χ1) is 7.11. The minimum Gasteiger partial charge on any atom is -0.394 e. The van der Waals surface area contributed by atoms with Gasteiger partial charge >= 0.3 is 0 Å². The van der Waals surface area contributed by atoms with E-state index < -0.39 is 6.04 Å².